The fraction of sp³-hybridized carbons (Fsp3) is 0.500. The predicted molar refractivity (Wildman–Crippen MR) is 73.2 cm³/mol. The van der Waals surface area contributed by atoms with E-state index in [1.807, 2.05) is 24.3 Å². The molecule has 1 heterocycles. The van der Waals surface area contributed by atoms with Crippen LogP contribution < -0.4 is 15.8 Å². The van der Waals surface area contributed by atoms with Crippen molar-refractivity contribution in [3.63, 3.8) is 0 Å². The van der Waals surface area contributed by atoms with Crippen LogP contribution in [0.4, 0.5) is 5.69 Å². The van der Waals surface area contributed by atoms with Crippen LogP contribution >= 0.6 is 0 Å². The van der Waals surface area contributed by atoms with Gasteiger partial charge in [-0.1, -0.05) is 0 Å². The summed E-state index contributed by atoms with van der Waals surface area (Å²) in [7, 11) is 0. The Morgan fingerprint density at radius 1 is 1.32 bits per heavy atom. The second-order valence-electron chi connectivity index (χ2n) is 4.54. The SMILES string of the molecule is NCCOc1ccc(NC(=O)C2CCOCC2)cc1. The maximum Gasteiger partial charge on any atom is 0.227 e. The topological polar surface area (TPSA) is 73.6 Å². The van der Waals surface area contributed by atoms with E-state index in [9.17, 15) is 4.79 Å². The molecule has 1 aliphatic rings. The van der Waals surface area contributed by atoms with Crippen molar-refractivity contribution >= 4 is 11.6 Å². The number of carbonyl (C=O) groups excluding carboxylic acids is 1. The molecule has 0 aliphatic carbocycles. The standard InChI is InChI=1S/C14H20N2O3/c15-7-10-19-13-3-1-12(2-4-13)16-14(17)11-5-8-18-9-6-11/h1-4,11H,5-10,15H2,(H,16,17). The monoisotopic (exact) mass is 264 g/mol. The fourth-order valence-corrected chi connectivity index (χ4v) is 2.02. The third kappa shape index (κ3) is 4.22. The van der Waals surface area contributed by atoms with Gasteiger partial charge in [0.2, 0.25) is 5.91 Å². The molecule has 1 aromatic carbocycles. The van der Waals surface area contributed by atoms with Gasteiger partial charge >= 0.3 is 0 Å². The van der Waals surface area contributed by atoms with Gasteiger partial charge in [-0.05, 0) is 37.1 Å². The minimum atomic E-state index is 0.0573. The number of hydrogen-bond acceptors (Lipinski definition) is 4. The van der Waals surface area contributed by atoms with E-state index in [1.54, 1.807) is 0 Å². The minimum absolute atomic E-state index is 0.0573. The van der Waals surface area contributed by atoms with Gasteiger partial charge in [0.1, 0.15) is 12.4 Å². The lowest BCUT2D eigenvalue weighted by atomic mass is 9.99. The fourth-order valence-electron chi connectivity index (χ4n) is 2.02. The highest BCUT2D eigenvalue weighted by Crippen LogP contribution is 2.19. The summed E-state index contributed by atoms with van der Waals surface area (Å²) < 4.78 is 10.6. The summed E-state index contributed by atoms with van der Waals surface area (Å²) in [5.74, 6) is 0.885. The van der Waals surface area contributed by atoms with Gasteiger partial charge in [0, 0.05) is 31.4 Å². The molecular weight excluding hydrogens is 244 g/mol. The van der Waals surface area contributed by atoms with Crippen LogP contribution in [0.15, 0.2) is 24.3 Å². The number of rotatable bonds is 5. The molecule has 0 radical (unpaired) electrons. The third-order valence-electron chi connectivity index (χ3n) is 3.10. The van der Waals surface area contributed by atoms with Gasteiger partial charge in [0.25, 0.3) is 0 Å². The Morgan fingerprint density at radius 2 is 2.00 bits per heavy atom. The predicted octanol–water partition coefficient (Wildman–Crippen LogP) is 1.39. The van der Waals surface area contributed by atoms with Crippen molar-refractivity contribution in [2.75, 3.05) is 31.7 Å². The average Bonchev–Trinajstić information content (AvgIpc) is 2.47. The molecule has 0 unspecified atom stereocenters. The molecule has 0 bridgehead atoms. The van der Waals surface area contributed by atoms with Crippen molar-refractivity contribution < 1.29 is 14.3 Å². The zero-order valence-electron chi connectivity index (χ0n) is 10.9. The Balaban J connectivity index is 1.86. The average molecular weight is 264 g/mol. The van der Waals surface area contributed by atoms with E-state index in [4.69, 9.17) is 15.2 Å². The van der Waals surface area contributed by atoms with Gasteiger partial charge in [-0.3, -0.25) is 4.79 Å². The summed E-state index contributed by atoms with van der Waals surface area (Å²) >= 11 is 0. The molecule has 1 fully saturated rings. The molecule has 2 rings (SSSR count). The van der Waals surface area contributed by atoms with Crippen molar-refractivity contribution in [1.82, 2.24) is 0 Å². The van der Waals surface area contributed by atoms with Crippen molar-refractivity contribution in [2.45, 2.75) is 12.8 Å². The first-order chi connectivity index (χ1) is 9.29. The van der Waals surface area contributed by atoms with Crippen LogP contribution in [-0.2, 0) is 9.53 Å². The molecule has 0 saturated carbocycles. The number of benzene rings is 1. The van der Waals surface area contributed by atoms with E-state index in [0.29, 0.717) is 26.4 Å². The highest BCUT2D eigenvalue weighted by atomic mass is 16.5. The molecule has 0 atom stereocenters. The zero-order chi connectivity index (χ0) is 13.5. The van der Waals surface area contributed by atoms with Gasteiger partial charge in [-0.2, -0.15) is 0 Å². The van der Waals surface area contributed by atoms with Gasteiger partial charge in [-0.25, -0.2) is 0 Å². The quantitative estimate of drug-likeness (QED) is 0.843. The van der Waals surface area contributed by atoms with Crippen molar-refractivity contribution in [3.8, 4) is 5.75 Å². The Labute approximate surface area is 113 Å². The number of nitrogens with one attached hydrogen (secondary N) is 1. The largest absolute Gasteiger partial charge is 0.492 e. The lowest BCUT2D eigenvalue weighted by Crippen LogP contribution is -2.28. The molecule has 1 amide bonds. The molecule has 0 spiro atoms. The summed E-state index contributed by atoms with van der Waals surface area (Å²) in [5.41, 5.74) is 6.15. The molecule has 5 heteroatoms. The van der Waals surface area contributed by atoms with Crippen LogP contribution in [0.25, 0.3) is 0 Å². The number of anilines is 1. The minimum Gasteiger partial charge on any atom is -0.492 e. The van der Waals surface area contributed by atoms with Crippen LogP contribution in [0, 0.1) is 5.92 Å². The Hall–Kier alpha value is -1.59. The molecule has 19 heavy (non-hydrogen) atoms. The maximum atomic E-state index is 12.0. The molecule has 1 aliphatic heterocycles. The van der Waals surface area contributed by atoms with Crippen LogP contribution in [-0.4, -0.2) is 32.3 Å². The number of hydrogen-bond donors (Lipinski definition) is 2. The van der Waals surface area contributed by atoms with Gasteiger partial charge < -0.3 is 20.5 Å². The van der Waals surface area contributed by atoms with Crippen molar-refractivity contribution in [2.24, 2.45) is 11.7 Å². The smallest absolute Gasteiger partial charge is 0.227 e. The summed E-state index contributed by atoms with van der Waals surface area (Å²) in [4.78, 5) is 12.0. The molecule has 1 aromatic rings. The van der Waals surface area contributed by atoms with E-state index in [0.717, 1.165) is 24.3 Å². The van der Waals surface area contributed by atoms with Crippen LogP contribution in [0.5, 0.6) is 5.75 Å². The van der Waals surface area contributed by atoms with Gasteiger partial charge in [-0.15, -0.1) is 0 Å². The molecule has 1 saturated heterocycles. The molecule has 3 N–H and O–H groups in total. The summed E-state index contributed by atoms with van der Waals surface area (Å²) in [5, 5.41) is 2.92. The lowest BCUT2D eigenvalue weighted by molar-refractivity contribution is -0.122. The van der Waals surface area contributed by atoms with E-state index in [1.165, 1.54) is 0 Å². The van der Waals surface area contributed by atoms with E-state index in [2.05, 4.69) is 5.32 Å². The highest BCUT2D eigenvalue weighted by Gasteiger charge is 2.21. The number of carbonyl (C=O) groups is 1. The van der Waals surface area contributed by atoms with Crippen LogP contribution in [0.3, 0.4) is 0 Å². The normalized spacial score (nSPS) is 16.1. The highest BCUT2D eigenvalue weighted by molar-refractivity contribution is 5.92. The van der Waals surface area contributed by atoms with Gasteiger partial charge in [0.05, 0.1) is 0 Å². The molecule has 104 valence electrons. The Bertz CT molecular complexity index is 400. The van der Waals surface area contributed by atoms with Crippen LogP contribution in [0.1, 0.15) is 12.8 Å². The summed E-state index contributed by atoms with van der Waals surface area (Å²) in [6.45, 7) is 2.32. The molecule has 5 nitrogen and oxygen atoms in total. The lowest BCUT2D eigenvalue weighted by Gasteiger charge is -2.21. The van der Waals surface area contributed by atoms with Gasteiger partial charge in [0.15, 0.2) is 0 Å². The second kappa shape index (κ2) is 7.11. The molecular formula is C14H20N2O3. The third-order valence-corrected chi connectivity index (χ3v) is 3.10. The number of nitrogens with two attached hydrogens (primary N) is 1. The summed E-state index contributed by atoms with van der Waals surface area (Å²) in [6.07, 6.45) is 1.59. The molecule has 0 aromatic heterocycles. The van der Waals surface area contributed by atoms with E-state index >= 15 is 0 Å². The van der Waals surface area contributed by atoms with Crippen molar-refractivity contribution in [3.05, 3.63) is 24.3 Å². The van der Waals surface area contributed by atoms with Crippen LogP contribution in [0.2, 0.25) is 0 Å². The number of amides is 1. The second-order valence-corrected chi connectivity index (χ2v) is 4.54. The number of ether oxygens (including phenoxy) is 2. The Morgan fingerprint density at radius 3 is 2.63 bits per heavy atom. The first-order valence-corrected chi connectivity index (χ1v) is 6.61. The maximum absolute atomic E-state index is 12.0. The first kappa shape index (κ1) is 13.8. The van der Waals surface area contributed by atoms with E-state index in [-0.39, 0.29) is 11.8 Å². The first-order valence-electron chi connectivity index (χ1n) is 6.61. The zero-order valence-corrected chi connectivity index (χ0v) is 10.9. The summed E-state index contributed by atoms with van der Waals surface area (Å²) in [6, 6.07) is 7.33. The van der Waals surface area contributed by atoms with E-state index < -0.39 is 0 Å². The Kier molecular flexibility index (Phi) is 5.18. The van der Waals surface area contributed by atoms with Crippen molar-refractivity contribution in [1.29, 1.82) is 0 Å².